The maximum absolute atomic E-state index is 12.5. The summed E-state index contributed by atoms with van der Waals surface area (Å²) >= 11 is 0. The molecule has 2 rings (SSSR count). The van der Waals surface area contributed by atoms with Crippen molar-refractivity contribution < 1.29 is 19.1 Å². The Balaban J connectivity index is 1.91. The predicted octanol–water partition coefficient (Wildman–Crippen LogP) is 2.45. The zero-order valence-electron chi connectivity index (χ0n) is 14.8. The molecule has 0 unspecified atom stereocenters. The second-order valence-corrected chi connectivity index (χ2v) is 6.95. The summed E-state index contributed by atoms with van der Waals surface area (Å²) in [5, 5.41) is 0. The van der Waals surface area contributed by atoms with E-state index in [4.69, 9.17) is 9.47 Å². The molecule has 0 bridgehead atoms. The van der Waals surface area contributed by atoms with Gasteiger partial charge in [0.2, 0.25) is 5.91 Å². The molecule has 1 atom stereocenters. The molecular formula is C18H26N2O4. The van der Waals surface area contributed by atoms with E-state index >= 15 is 0 Å². The van der Waals surface area contributed by atoms with E-state index in [-0.39, 0.29) is 18.6 Å². The molecule has 1 heterocycles. The van der Waals surface area contributed by atoms with Crippen LogP contribution in [-0.2, 0) is 14.3 Å². The highest BCUT2D eigenvalue weighted by Crippen LogP contribution is 2.22. The molecule has 0 spiro atoms. The monoisotopic (exact) mass is 334 g/mol. The Labute approximate surface area is 143 Å². The summed E-state index contributed by atoms with van der Waals surface area (Å²) in [6, 6.07) is 9.84. The van der Waals surface area contributed by atoms with Crippen LogP contribution < -0.4 is 0 Å². The molecule has 1 saturated heterocycles. The SMILES string of the molecule is CN(CC(=O)N1CCO[C@H](c2ccccc2)C1)C(=O)OC(C)(C)C. The number of ether oxygens (including phenoxy) is 2. The van der Waals surface area contributed by atoms with Gasteiger partial charge in [0.15, 0.2) is 0 Å². The average molecular weight is 334 g/mol. The summed E-state index contributed by atoms with van der Waals surface area (Å²) < 4.78 is 11.0. The minimum atomic E-state index is -0.578. The van der Waals surface area contributed by atoms with Crippen molar-refractivity contribution in [3.8, 4) is 0 Å². The summed E-state index contributed by atoms with van der Waals surface area (Å²) in [6.07, 6.45) is -0.626. The molecule has 0 N–H and O–H groups in total. The Hall–Kier alpha value is -2.08. The molecule has 132 valence electrons. The molecule has 1 aliphatic heterocycles. The molecule has 2 amide bonds. The smallest absolute Gasteiger partial charge is 0.410 e. The highest BCUT2D eigenvalue weighted by molar-refractivity contribution is 5.82. The van der Waals surface area contributed by atoms with Gasteiger partial charge in [0.05, 0.1) is 13.2 Å². The number of rotatable bonds is 3. The third-order valence-electron chi connectivity index (χ3n) is 3.67. The lowest BCUT2D eigenvalue weighted by atomic mass is 10.1. The van der Waals surface area contributed by atoms with Crippen LogP contribution in [-0.4, -0.2) is 60.7 Å². The summed E-state index contributed by atoms with van der Waals surface area (Å²) in [5.74, 6) is -0.104. The quantitative estimate of drug-likeness (QED) is 0.852. The molecule has 1 aliphatic rings. The lowest BCUT2D eigenvalue weighted by Gasteiger charge is -2.34. The van der Waals surface area contributed by atoms with Gasteiger partial charge >= 0.3 is 6.09 Å². The summed E-state index contributed by atoms with van der Waals surface area (Å²) in [4.78, 5) is 27.5. The molecule has 24 heavy (non-hydrogen) atoms. The van der Waals surface area contributed by atoms with Gasteiger partial charge in [-0.05, 0) is 26.3 Å². The van der Waals surface area contributed by atoms with Crippen molar-refractivity contribution in [3.63, 3.8) is 0 Å². The van der Waals surface area contributed by atoms with E-state index < -0.39 is 11.7 Å². The fourth-order valence-electron chi connectivity index (χ4n) is 2.45. The van der Waals surface area contributed by atoms with Gasteiger partial charge < -0.3 is 19.3 Å². The summed E-state index contributed by atoms with van der Waals surface area (Å²) in [6.45, 7) is 6.90. The van der Waals surface area contributed by atoms with Crippen molar-refractivity contribution >= 4 is 12.0 Å². The second kappa shape index (κ2) is 7.66. The van der Waals surface area contributed by atoms with Crippen LogP contribution in [0.4, 0.5) is 4.79 Å². The number of likely N-dealkylation sites (N-methyl/N-ethyl adjacent to an activating group) is 1. The molecule has 0 saturated carbocycles. The molecule has 1 fully saturated rings. The first kappa shape index (κ1) is 18.3. The Kier molecular flexibility index (Phi) is 5.83. The molecule has 6 heteroatoms. The lowest BCUT2D eigenvalue weighted by molar-refractivity contribution is -0.139. The van der Waals surface area contributed by atoms with Crippen LogP contribution >= 0.6 is 0 Å². The first-order valence-electron chi connectivity index (χ1n) is 8.15. The van der Waals surface area contributed by atoms with Gasteiger partial charge in [-0.2, -0.15) is 0 Å². The van der Waals surface area contributed by atoms with Gasteiger partial charge in [-0.3, -0.25) is 4.79 Å². The molecule has 0 radical (unpaired) electrons. The molecule has 6 nitrogen and oxygen atoms in total. The third-order valence-corrected chi connectivity index (χ3v) is 3.67. The summed E-state index contributed by atoms with van der Waals surface area (Å²) in [7, 11) is 1.57. The fourth-order valence-corrected chi connectivity index (χ4v) is 2.45. The van der Waals surface area contributed by atoms with Crippen LogP contribution in [0.3, 0.4) is 0 Å². The van der Waals surface area contributed by atoms with Crippen LogP contribution in [0.15, 0.2) is 30.3 Å². The van der Waals surface area contributed by atoms with Crippen LogP contribution in [0, 0.1) is 0 Å². The standard InChI is InChI=1S/C18H26N2O4/c1-18(2,3)24-17(22)19(4)13-16(21)20-10-11-23-15(12-20)14-8-6-5-7-9-14/h5-9,15H,10-13H2,1-4H3/t15-/m0/s1. The molecule has 0 aliphatic carbocycles. The van der Waals surface area contributed by atoms with Gasteiger partial charge in [-0.1, -0.05) is 30.3 Å². The molecule has 1 aromatic carbocycles. The van der Waals surface area contributed by atoms with Crippen molar-refractivity contribution in [3.05, 3.63) is 35.9 Å². The Morgan fingerprint density at radius 3 is 2.58 bits per heavy atom. The lowest BCUT2D eigenvalue weighted by Crippen LogP contribution is -2.47. The topological polar surface area (TPSA) is 59.1 Å². The average Bonchev–Trinajstić information content (AvgIpc) is 2.54. The van der Waals surface area contributed by atoms with Crippen molar-refractivity contribution in [1.29, 1.82) is 0 Å². The van der Waals surface area contributed by atoms with Crippen molar-refractivity contribution in [2.45, 2.75) is 32.5 Å². The number of benzene rings is 1. The van der Waals surface area contributed by atoms with Crippen molar-refractivity contribution in [2.75, 3.05) is 33.3 Å². The first-order valence-corrected chi connectivity index (χ1v) is 8.15. The minimum absolute atomic E-state index is 0.00355. The van der Waals surface area contributed by atoms with Crippen LogP contribution in [0.1, 0.15) is 32.4 Å². The van der Waals surface area contributed by atoms with E-state index in [9.17, 15) is 9.59 Å². The van der Waals surface area contributed by atoms with Crippen molar-refractivity contribution in [2.24, 2.45) is 0 Å². The zero-order chi connectivity index (χ0) is 17.7. The van der Waals surface area contributed by atoms with Crippen LogP contribution in [0.25, 0.3) is 0 Å². The third kappa shape index (κ3) is 5.23. The van der Waals surface area contributed by atoms with Gasteiger partial charge in [-0.15, -0.1) is 0 Å². The maximum Gasteiger partial charge on any atom is 0.410 e. The van der Waals surface area contributed by atoms with E-state index in [2.05, 4.69) is 0 Å². The fraction of sp³-hybridized carbons (Fsp3) is 0.556. The largest absolute Gasteiger partial charge is 0.444 e. The number of hydrogen-bond donors (Lipinski definition) is 0. The van der Waals surface area contributed by atoms with E-state index in [1.54, 1.807) is 32.7 Å². The van der Waals surface area contributed by atoms with E-state index in [1.807, 2.05) is 30.3 Å². The molecule has 0 aromatic heterocycles. The highest BCUT2D eigenvalue weighted by atomic mass is 16.6. The molecular weight excluding hydrogens is 308 g/mol. The van der Waals surface area contributed by atoms with E-state index in [0.717, 1.165) is 5.56 Å². The zero-order valence-corrected chi connectivity index (χ0v) is 14.8. The maximum atomic E-state index is 12.5. The number of carbonyl (C=O) groups excluding carboxylic acids is 2. The van der Waals surface area contributed by atoms with Crippen LogP contribution in [0.5, 0.6) is 0 Å². The van der Waals surface area contributed by atoms with Gasteiger partial charge in [0.25, 0.3) is 0 Å². The van der Waals surface area contributed by atoms with Gasteiger partial charge in [0, 0.05) is 13.6 Å². The number of hydrogen-bond acceptors (Lipinski definition) is 4. The number of morpholine rings is 1. The van der Waals surface area contributed by atoms with Gasteiger partial charge in [-0.25, -0.2) is 4.79 Å². The second-order valence-electron chi connectivity index (χ2n) is 6.95. The summed E-state index contributed by atoms with van der Waals surface area (Å²) in [5.41, 5.74) is 0.474. The van der Waals surface area contributed by atoms with E-state index in [1.165, 1.54) is 4.90 Å². The predicted molar refractivity (Wildman–Crippen MR) is 90.6 cm³/mol. The minimum Gasteiger partial charge on any atom is -0.444 e. The Morgan fingerprint density at radius 2 is 1.96 bits per heavy atom. The Bertz CT molecular complexity index is 568. The number of carbonyl (C=O) groups is 2. The number of amides is 2. The Morgan fingerprint density at radius 1 is 1.29 bits per heavy atom. The van der Waals surface area contributed by atoms with Crippen LogP contribution in [0.2, 0.25) is 0 Å². The highest BCUT2D eigenvalue weighted by Gasteiger charge is 2.27. The van der Waals surface area contributed by atoms with E-state index in [0.29, 0.717) is 19.7 Å². The number of nitrogens with zero attached hydrogens (tertiary/aromatic N) is 2. The first-order chi connectivity index (χ1) is 11.3. The van der Waals surface area contributed by atoms with Gasteiger partial charge in [0.1, 0.15) is 18.2 Å². The van der Waals surface area contributed by atoms with Crippen molar-refractivity contribution in [1.82, 2.24) is 9.80 Å². The normalized spacial score (nSPS) is 18.2. The molecule has 1 aromatic rings.